The van der Waals surface area contributed by atoms with Crippen LogP contribution in [0.2, 0.25) is 0 Å². The van der Waals surface area contributed by atoms with E-state index in [0.717, 1.165) is 12.0 Å². The van der Waals surface area contributed by atoms with Crippen molar-refractivity contribution in [2.45, 2.75) is 38.8 Å². The average Bonchev–Trinajstić information content (AvgIpc) is 2.54. The van der Waals surface area contributed by atoms with Crippen molar-refractivity contribution in [1.29, 1.82) is 0 Å². The van der Waals surface area contributed by atoms with Gasteiger partial charge in [-0.05, 0) is 32.0 Å². The van der Waals surface area contributed by atoms with Crippen molar-refractivity contribution >= 4 is 11.8 Å². The van der Waals surface area contributed by atoms with Gasteiger partial charge >= 0.3 is 0 Å². The monoisotopic (exact) mass is 348 g/mol. The summed E-state index contributed by atoms with van der Waals surface area (Å²) in [6, 6.07) is 8.35. The summed E-state index contributed by atoms with van der Waals surface area (Å²) < 4.78 is 0. The maximum absolute atomic E-state index is 12.5. The molecule has 0 heterocycles. The lowest BCUT2D eigenvalue weighted by Crippen LogP contribution is -2.54. The minimum absolute atomic E-state index is 0.171. The second-order valence-electron chi connectivity index (χ2n) is 7.09. The highest BCUT2D eigenvalue weighted by molar-refractivity contribution is 5.90. The Morgan fingerprint density at radius 1 is 1.12 bits per heavy atom. The van der Waals surface area contributed by atoms with E-state index in [-0.39, 0.29) is 11.8 Å². The molecule has 140 valence electrons. The van der Waals surface area contributed by atoms with Gasteiger partial charge in [0.1, 0.15) is 6.04 Å². The van der Waals surface area contributed by atoms with E-state index in [4.69, 9.17) is 5.73 Å². The van der Waals surface area contributed by atoms with Crippen LogP contribution in [0.4, 0.5) is 0 Å². The third kappa shape index (κ3) is 8.65. The number of nitrogens with zero attached hydrogens (tertiary/aromatic N) is 1. The number of rotatable bonds is 10. The number of amides is 2. The second kappa shape index (κ2) is 10.8. The van der Waals surface area contributed by atoms with Crippen LogP contribution in [-0.4, -0.2) is 56.0 Å². The minimum Gasteiger partial charge on any atom is -0.354 e. The summed E-state index contributed by atoms with van der Waals surface area (Å²) in [4.78, 5) is 26.7. The number of hydrogen-bond acceptors (Lipinski definition) is 4. The first-order valence-electron chi connectivity index (χ1n) is 8.82. The standard InChI is InChI=1S/C19H32N4O2/c1-14(2)10-11-21-19(25)17(12-15-8-6-5-7-9-15)22-18(24)16(20)13-23(3)4/h5-9,14,16-17H,10-13,20H2,1-4H3,(H,21,25)(H,22,24)/t16-,17+/m1/s1. The molecule has 6 heteroatoms. The Hall–Kier alpha value is -1.92. The molecule has 1 aromatic rings. The van der Waals surface area contributed by atoms with Gasteiger partial charge in [-0.25, -0.2) is 0 Å². The summed E-state index contributed by atoms with van der Waals surface area (Å²) in [6.45, 7) is 5.24. The van der Waals surface area contributed by atoms with E-state index in [0.29, 0.717) is 25.4 Å². The quantitative estimate of drug-likeness (QED) is 0.583. The van der Waals surface area contributed by atoms with E-state index in [9.17, 15) is 9.59 Å². The first kappa shape index (κ1) is 21.1. The molecule has 0 unspecified atom stereocenters. The Labute approximate surface area is 151 Å². The molecule has 0 fully saturated rings. The van der Waals surface area contributed by atoms with Crippen molar-refractivity contribution in [2.75, 3.05) is 27.2 Å². The molecule has 0 aliphatic carbocycles. The van der Waals surface area contributed by atoms with Crippen LogP contribution in [0, 0.1) is 5.92 Å². The lowest BCUT2D eigenvalue weighted by Gasteiger charge is -2.22. The van der Waals surface area contributed by atoms with Gasteiger partial charge in [-0.15, -0.1) is 0 Å². The number of hydrogen-bond donors (Lipinski definition) is 3. The molecule has 2 atom stereocenters. The number of carbonyl (C=O) groups is 2. The lowest BCUT2D eigenvalue weighted by atomic mass is 10.0. The van der Waals surface area contributed by atoms with Gasteiger partial charge in [0.15, 0.2) is 0 Å². The van der Waals surface area contributed by atoms with Gasteiger partial charge in [0.05, 0.1) is 6.04 Å². The van der Waals surface area contributed by atoms with E-state index in [2.05, 4.69) is 24.5 Å². The van der Waals surface area contributed by atoms with Gasteiger partial charge < -0.3 is 21.3 Å². The first-order chi connectivity index (χ1) is 11.8. The normalized spacial score (nSPS) is 13.6. The fourth-order valence-electron chi connectivity index (χ4n) is 2.42. The van der Waals surface area contributed by atoms with E-state index in [1.165, 1.54) is 0 Å². The van der Waals surface area contributed by atoms with Gasteiger partial charge in [-0.2, -0.15) is 0 Å². The molecule has 1 rings (SSSR count). The van der Waals surface area contributed by atoms with Crippen LogP contribution < -0.4 is 16.4 Å². The molecular formula is C19H32N4O2. The van der Waals surface area contributed by atoms with Gasteiger partial charge in [0, 0.05) is 19.5 Å². The molecule has 0 aliphatic rings. The molecule has 0 saturated heterocycles. The van der Waals surface area contributed by atoms with Crippen LogP contribution in [0.1, 0.15) is 25.8 Å². The van der Waals surface area contributed by atoms with E-state index in [1.54, 1.807) is 0 Å². The summed E-state index contributed by atoms with van der Waals surface area (Å²) >= 11 is 0. The summed E-state index contributed by atoms with van der Waals surface area (Å²) in [5.41, 5.74) is 6.91. The smallest absolute Gasteiger partial charge is 0.242 e. The maximum atomic E-state index is 12.5. The molecule has 4 N–H and O–H groups in total. The predicted molar refractivity (Wildman–Crippen MR) is 101 cm³/mol. The number of benzene rings is 1. The van der Waals surface area contributed by atoms with Crippen molar-refractivity contribution in [3.63, 3.8) is 0 Å². The lowest BCUT2D eigenvalue weighted by molar-refractivity contribution is -0.129. The zero-order chi connectivity index (χ0) is 18.8. The SMILES string of the molecule is CC(C)CCNC(=O)[C@H](Cc1ccccc1)NC(=O)[C@H](N)CN(C)C. The van der Waals surface area contributed by atoms with Crippen LogP contribution in [-0.2, 0) is 16.0 Å². The van der Waals surface area contributed by atoms with Crippen LogP contribution in [0.25, 0.3) is 0 Å². The zero-order valence-corrected chi connectivity index (χ0v) is 15.8. The van der Waals surface area contributed by atoms with Gasteiger partial charge in [-0.1, -0.05) is 44.2 Å². The van der Waals surface area contributed by atoms with Crippen molar-refractivity contribution in [2.24, 2.45) is 11.7 Å². The molecule has 2 amide bonds. The Kier molecular flexibility index (Phi) is 9.16. The molecule has 0 aromatic heterocycles. The van der Waals surface area contributed by atoms with Gasteiger partial charge in [-0.3, -0.25) is 9.59 Å². The molecule has 0 spiro atoms. The summed E-state index contributed by atoms with van der Waals surface area (Å²) in [5.74, 6) is 0.0273. The predicted octanol–water partition coefficient (Wildman–Crippen LogP) is 0.765. The van der Waals surface area contributed by atoms with Gasteiger partial charge in [0.2, 0.25) is 11.8 Å². The van der Waals surface area contributed by atoms with E-state index < -0.39 is 12.1 Å². The Bertz CT molecular complexity index is 531. The third-order valence-electron chi connectivity index (χ3n) is 3.84. The van der Waals surface area contributed by atoms with Crippen molar-refractivity contribution in [3.05, 3.63) is 35.9 Å². The molecule has 0 radical (unpaired) electrons. The highest BCUT2D eigenvalue weighted by Crippen LogP contribution is 2.05. The number of nitrogens with one attached hydrogen (secondary N) is 2. The largest absolute Gasteiger partial charge is 0.354 e. The second-order valence-corrected chi connectivity index (χ2v) is 7.09. The van der Waals surface area contributed by atoms with Crippen LogP contribution in [0.5, 0.6) is 0 Å². The summed E-state index contributed by atoms with van der Waals surface area (Å²) in [7, 11) is 3.71. The Morgan fingerprint density at radius 2 is 1.76 bits per heavy atom. The molecule has 0 saturated carbocycles. The van der Waals surface area contributed by atoms with Crippen molar-refractivity contribution < 1.29 is 9.59 Å². The minimum atomic E-state index is -0.670. The van der Waals surface area contributed by atoms with Crippen LogP contribution in [0.15, 0.2) is 30.3 Å². The highest BCUT2D eigenvalue weighted by Gasteiger charge is 2.24. The zero-order valence-electron chi connectivity index (χ0n) is 15.8. The fraction of sp³-hybridized carbons (Fsp3) is 0.579. The first-order valence-corrected chi connectivity index (χ1v) is 8.82. The number of carbonyl (C=O) groups excluding carboxylic acids is 2. The average molecular weight is 348 g/mol. The van der Waals surface area contributed by atoms with Crippen LogP contribution in [0.3, 0.4) is 0 Å². The van der Waals surface area contributed by atoms with E-state index in [1.807, 2.05) is 49.3 Å². The van der Waals surface area contributed by atoms with Crippen molar-refractivity contribution in [1.82, 2.24) is 15.5 Å². The van der Waals surface area contributed by atoms with E-state index >= 15 is 0 Å². The molecule has 6 nitrogen and oxygen atoms in total. The number of likely N-dealkylation sites (N-methyl/N-ethyl adjacent to an activating group) is 1. The molecule has 1 aromatic carbocycles. The number of nitrogens with two attached hydrogens (primary N) is 1. The maximum Gasteiger partial charge on any atom is 0.242 e. The molecular weight excluding hydrogens is 316 g/mol. The Balaban J connectivity index is 2.73. The summed E-state index contributed by atoms with van der Waals surface area (Å²) in [5, 5.41) is 5.72. The molecule has 0 bridgehead atoms. The molecule has 25 heavy (non-hydrogen) atoms. The summed E-state index contributed by atoms with van der Waals surface area (Å²) in [6.07, 6.45) is 1.34. The molecule has 0 aliphatic heterocycles. The topological polar surface area (TPSA) is 87.5 Å². The highest BCUT2D eigenvalue weighted by atomic mass is 16.2. The van der Waals surface area contributed by atoms with Crippen molar-refractivity contribution in [3.8, 4) is 0 Å². The van der Waals surface area contributed by atoms with Crippen LogP contribution >= 0.6 is 0 Å². The fourth-order valence-corrected chi connectivity index (χ4v) is 2.42. The Morgan fingerprint density at radius 3 is 2.32 bits per heavy atom. The van der Waals surface area contributed by atoms with Gasteiger partial charge in [0.25, 0.3) is 0 Å². The third-order valence-corrected chi connectivity index (χ3v) is 3.84.